The quantitative estimate of drug-likeness (QED) is 0.799. The zero-order chi connectivity index (χ0) is 15.2. The summed E-state index contributed by atoms with van der Waals surface area (Å²) in [5.74, 6) is -1.45. The first-order valence-corrected chi connectivity index (χ1v) is 6.79. The Labute approximate surface area is 124 Å². The topological polar surface area (TPSA) is 52.6 Å². The average molecular weight is 286 g/mol. The zero-order valence-electron chi connectivity index (χ0n) is 12.2. The second-order valence-corrected chi connectivity index (χ2v) is 4.87. The molecule has 4 heteroatoms. The van der Waals surface area contributed by atoms with E-state index in [1.165, 1.54) is 7.11 Å². The highest BCUT2D eigenvalue weighted by Gasteiger charge is 2.31. The predicted octanol–water partition coefficient (Wildman–Crippen LogP) is 2.80. The van der Waals surface area contributed by atoms with Crippen molar-refractivity contribution in [2.75, 3.05) is 7.11 Å². The van der Waals surface area contributed by atoms with Gasteiger partial charge in [0.1, 0.15) is 6.61 Å². The lowest BCUT2D eigenvalue weighted by atomic mass is 9.87. The van der Waals surface area contributed by atoms with E-state index in [4.69, 9.17) is 9.47 Å². The van der Waals surface area contributed by atoms with Crippen LogP contribution in [0.5, 0.6) is 0 Å². The van der Waals surface area contributed by atoms with Gasteiger partial charge in [-0.3, -0.25) is 4.79 Å². The van der Waals surface area contributed by atoms with Gasteiger partial charge in [-0.05, 0) is 24.5 Å². The molecule has 0 amide bonds. The Morgan fingerprint density at radius 1 is 1.24 bits per heavy atom. The Kier molecular flexibility index (Phi) is 4.93. The van der Waals surface area contributed by atoms with E-state index >= 15 is 0 Å². The number of allylic oxidation sites excluding steroid dienone is 3. The predicted molar refractivity (Wildman–Crippen MR) is 78.2 cm³/mol. The molecule has 1 aliphatic carbocycles. The van der Waals surface area contributed by atoms with Gasteiger partial charge in [-0.25, -0.2) is 4.79 Å². The number of carbonyl (C=O) groups is 2. The lowest BCUT2D eigenvalue weighted by molar-refractivity contribution is -0.148. The van der Waals surface area contributed by atoms with Crippen molar-refractivity contribution in [2.24, 2.45) is 5.92 Å². The first-order chi connectivity index (χ1) is 10.1. The highest BCUT2D eigenvalue weighted by atomic mass is 16.5. The molecule has 110 valence electrons. The summed E-state index contributed by atoms with van der Waals surface area (Å²) >= 11 is 0. The van der Waals surface area contributed by atoms with Crippen molar-refractivity contribution >= 4 is 11.9 Å². The van der Waals surface area contributed by atoms with Crippen LogP contribution in [0.15, 0.2) is 53.6 Å². The van der Waals surface area contributed by atoms with Crippen LogP contribution in [0.2, 0.25) is 0 Å². The molecule has 0 fully saturated rings. The van der Waals surface area contributed by atoms with E-state index in [0.717, 1.165) is 11.1 Å². The summed E-state index contributed by atoms with van der Waals surface area (Å²) in [5.41, 5.74) is 2.04. The number of esters is 2. The molecule has 0 aromatic heterocycles. The largest absolute Gasteiger partial charge is 0.469 e. The number of hydrogen-bond acceptors (Lipinski definition) is 4. The number of ether oxygens (including phenoxy) is 2. The van der Waals surface area contributed by atoms with E-state index in [0.29, 0.717) is 12.0 Å². The van der Waals surface area contributed by atoms with Gasteiger partial charge in [-0.1, -0.05) is 42.5 Å². The molecule has 1 aromatic carbocycles. The molecule has 0 spiro atoms. The van der Waals surface area contributed by atoms with Crippen LogP contribution in [0.4, 0.5) is 0 Å². The van der Waals surface area contributed by atoms with Crippen molar-refractivity contribution in [3.63, 3.8) is 0 Å². The Bertz CT molecular complexity index is 584. The Morgan fingerprint density at radius 3 is 2.62 bits per heavy atom. The molecule has 0 N–H and O–H groups in total. The smallest absolute Gasteiger partial charge is 0.335 e. The Morgan fingerprint density at radius 2 is 1.95 bits per heavy atom. The SMILES string of the molecule is COC(=O)[C@@H]1CC=CC(C)=C1C(=O)OCc1ccccc1. The monoisotopic (exact) mass is 286 g/mol. The van der Waals surface area contributed by atoms with Crippen molar-refractivity contribution in [3.05, 3.63) is 59.2 Å². The van der Waals surface area contributed by atoms with Crippen molar-refractivity contribution in [1.29, 1.82) is 0 Å². The fourth-order valence-electron chi connectivity index (χ4n) is 2.32. The lowest BCUT2D eigenvalue weighted by Gasteiger charge is -2.20. The first-order valence-electron chi connectivity index (χ1n) is 6.79. The van der Waals surface area contributed by atoms with Crippen LogP contribution in [-0.2, 0) is 25.7 Å². The molecule has 21 heavy (non-hydrogen) atoms. The number of benzene rings is 1. The van der Waals surface area contributed by atoms with Crippen LogP contribution >= 0.6 is 0 Å². The molecule has 0 saturated heterocycles. The summed E-state index contributed by atoms with van der Waals surface area (Å²) < 4.78 is 10.1. The summed E-state index contributed by atoms with van der Waals surface area (Å²) in [5, 5.41) is 0. The highest BCUT2D eigenvalue weighted by molar-refractivity contribution is 5.97. The molecule has 0 saturated carbocycles. The molecule has 0 unspecified atom stereocenters. The molecule has 0 aliphatic heterocycles. The van der Waals surface area contributed by atoms with Crippen molar-refractivity contribution < 1.29 is 19.1 Å². The molecule has 1 aromatic rings. The van der Waals surface area contributed by atoms with Crippen LogP contribution in [-0.4, -0.2) is 19.0 Å². The van der Waals surface area contributed by atoms with Gasteiger partial charge in [0.05, 0.1) is 18.6 Å². The van der Waals surface area contributed by atoms with Gasteiger partial charge in [0.2, 0.25) is 0 Å². The summed E-state index contributed by atoms with van der Waals surface area (Å²) in [6.45, 7) is 1.98. The molecule has 2 rings (SSSR count). The molecular weight excluding hydrogens is 268 g/mol. The van der Waals surface area contributed by atoms with Crippen molar-refractivity contribution in [1.82, 2.24) is 0 Å². The first kappa shape index (κ1) is 15.0. The molecule has 1 aliphatic rings. The van der Waals surface area contributed by atoms with E-state index < -0.39 is 17.9 Å². The zero-order valence-corrected chi connectivity index (χ0v) is 12.2. The Balaban J connectivity index is 2.11. The fourth-order valence-corrected chi connectivity index (χ4v) is 2.32. The highest BCUT2D eigenvalue weighted by Crippen LogP contribution is 2.27. The molecule has 4 nitrogen and oxygen atoms in total. The second-order valence-electron chi connectivity index (χ2n) is 4.87. The maximum absolute atomic E-state index is 12.3. The van der Waals surface area contributed by atoms with Gasteiger partial charge in [-0.2, -0.15) is 0 Å². The Hall–Kier alpha value is -2.36. The van der Waals surface area contributed by atoms with Gasteiger partial charge >= 0.3 is 11.9 Å². The maximum Gasteiger partial charge on any atom is 0.335 e. The van der Waals surface area contributed by atoms with Gasteiger partial charge in [-0.15, -0.1) is 0 Å². The number of rotatable bonds is 4. The molecule has 1 atom stereocenters. The third-order valence-electron chi connectivity index (χ3n) is 3.43. The standard InChI is InChI=1S/C17H18O4/c1-12-7-6-10-14(16(18)20-2)15(12)17(19)21-11-13-8-4-3-5-9-13/h3-9,14H,10-11H2,1-2H3/t14-/m1/s1. The van der Waals surface area contributed by atoms with Gasteiger partial charge < -0.3 is 9.47 Å². The van der Waals surface area contributed by atoms with E-state index in [1.54, 1.807) is 6.92 Å². The van der Waals surface area contributed by atoms with E-state index in [1.807, 2.05) is 42.5 Å². The van der Waals surface area contributed by atoms with Crippen molar-refractivity contribution in [3.8, 4) is 0 Å². The minimum atomic E-state index is -0.580. The molecule has 0 radical (unpaired) electrons. The summed E-state index contributed by atoms with van der Waals surface area (Å²) in [7, 11) is 1.32. The molecule has 0 heterocycles. The van der Waals surface area contributed by atoms with Gasteiger partial charge in [0, 0.05) is 0 Å². The van der Waals surface area contributed by atoms with Gasteiger partial charge in [0.15, 0.2) is 0 Å². The second kappa shape index (κ2) is 6.88. The van der Waals surface area contributed by atoms with E-state index in [-0.39, 0.29) is 6.61 Å². The summed E-state index contributed by atoms with van der Waals surface area (Å²) in [6, 6.07) is 9.43. The third-order valence-corrected chi connectivity index (χ3v) is 3.43. The van der Waals surface area contributed by atoms with Crippen LogP contribution < -0.4 is 0 Å². The average Bonchev–Trinajstić information content (AvgIpc) is 2.52. The van der Waals surface area contributed by atoms with Crippen LogP contribution in [0.25, 0.3) is 0 Å². The summed E-state index contributed by atoms with van der Waals surface area (Å²) in [4.78, 5) is 24.1. The van der Waals surface area contributed by atoms with E-state index in [9.17, 15) is 9.59 Å². The van der Waals surface area contributed by atoms with Crippen LogP contribution in [0.3, 0.4) is 0 Å². The van der Waals surface area contributed by atoms with Gasteiger partial charge in [0.25, 0.3) is 0 Å². The lowest BCUT2D eigenvalue weighted by Crippen LogP contribution is -2.26. The number of methoxy groups -OCH3 is 1. The minimum absolute atomic E-state index is 0.189. The third kappa shape index (κ3) is 3.60. The molecule has 0 bridgehead atoms. The minimum Gasteiger partial charge on any atom is -0.469 e. The van der Waals surface area contributed by atoms with Crippen molar-refractivity contribution in [2.45, 2.75) is 20.0 Å². The van der Waals surface area contributed by atoms with Crippen LogP contribution in [0.1, 0.15) is 18.9 Å². The van der Waals surface area contributed by atoms with Crippen LogP contribution in [0, 0.1) is 5.92 Å². The number of hydrogen-bond donors (Lipinski definition) is 0. The molecular formula is C17H18O4. The maximum atomic E-state index is 12.3. The van der Waals surface area contributed by atoms with E-state index in [2.05, 4.69) is 0 Å². The normalized spacial score (nSPS) is 17.5. The fraction of sp³-hybridized carbons (Fsp3) is 0.294. The number of carbonyl (C=O) groups excluding carboxylic acids is 2. The summed E-state index contributed by atoms with van der Waals surface area (Å²) in [6.07, 6.45) is 4.16.